The van der Waals surface area contributed by atoms with E-state index in [1.165, 1.54) is 0 Å². The average Bonchev–Trinajstić information content (AvgIpc) is 2.42. The molecular weight excluding hydrogens is 251 g/mol. The molecule has 0 amide bonds. The van der Waals surface area contributed by atoms with Gasteiger partial charge in [0.05, 0.1) is 5.69 Å². The molecule has 0 heterocycles. The summed E-state index contributed by atoms with van der Waals surface area (Å²) in [6, 6.07) is 13.6. The van der Waals surface area contributed by atoms with Gasteiger partial charge in [-0.15, -0.1) is 0 Å². The van der Waals surface area contributed by atoms with Crippen LogP contribution in [0.4, 0.5) is 15.8 Å². The van der Waals surface area contributed by atoms with Crippen LogP contribution in [-0.4, -0.2) is 14.1 Å². The van der Waals surface area contributed by atoms with Crippen molar-refractivity contribution in [3.05, 3.63) is 59.4 Å². The first-order chi connectivity index (χ1) is 9.47. The second-order valence-electron chi connectivity index (χ2n) is 5.34. The summed E-state index contributed by atoms with van der Waals surface area (Å²) in [5.74, 6) is -0.207. The van der Waals surface area contributed by atoms with Gasteiger partial charge >= 0.3 is 0 Å². The van der Waals surface area contributed by atoms with Gasteiger partial charge in [-0.2, -0.15) is 0 Å². The number of halogens is 1. The standard InChI is InChI=1S/C17H21FN2/c1-12-5-10-17(16(18)11-12)19-13(2)14-6-8-15(9-7-14)20(3)4/h5-11,13,19H,1-4H3. The van der Waals surface area contributed by atoms with E-state index in [0.717, 1.165) is 16.8 Å². The van der Waals surface area contributed by atoms with Gasteiger partial charge in [0.15, 0.2) is 0 Å². The zero-order chi connectivity index (χ0) is 14.7. The summed E-state index contributed by atoms with van der Waals surface area (Å²) in [6.45, 7) is 3.92. The van der Waals surface area contributed by atoms with E-state index < -0.39 is 0 Å². The third-order valence-corrected chi connectivity index (χ3v) is 3.41. The maximum absolute atomic E-state index is 13.8. The van der Waals surface area contributed by atoms with Crippen molar-refractivity contribution < 1.29 is 4.39 Å². The molecule has 0 aliphatic rings. The van der Waals surface area contributed by atoms with Crippen molar-refractivity contribution in [1.82, 2.24) is 0 Å². The molecule has 1 N–H and O–H groups in total. The molecule has 3 heteroatoms. The number of aryl methyl sites for hydroxylation is 1. The first-order valence-electron chi connectivity index (χ1n) is 6.77. The van der Waals surface area contributed by atoms with Crippen molar-refractivity contribution in [3.8, 4) is 0 Å². The van der Waals surface area contributed by atoms with Crippen LogP contribution in [0, 0.1) is 12.7 Å². The van der Waals surface area contributed by atoms with Gasteiger partial charge in [0, 0.05) is 25.8 Å². The van der Waals surface area contributed by atoms with E-state index >= 15 is 0 Å². The molecule has 0 saturated heterocycles. The number of rotatable bonds is 4. The minimum absolute atomic E-state index is 0.0587. The molecule has 0 aliphatic heterocycles. The summed E-state index contributed by atoms with van der Waals surface area (Å²) in [6.07, 6.45) is 0. The highest BCUT2D eigenvalue weighted by Crippen LogP contribution is 2.23. The summed E-state index contributed by atoms with van der Waals surface area (Å²) >= 11 is 0. The zero-order valence-electron chi connectivity index (χ0n) is 12.4. The van der Waals surface area contributed by atoms with E-state index in [4.69, 9.17) is 0 Å². The molecule has 1 unspecified atom stereocenters. The van der Waals surface area contributed by atoms with Crippen molar-refractivity contribution >= 4 is 11.4 Å². The van der Waals surface area contributed by atoms with Crippen LogP contribution in [0.2, 0.25) is 0 Å². The monoisotopic (exact) mass is 272 g/mol. The Balaban J connectivity index is 2.13. The number of hydrogen-bond donors (Lipinski definition) is 1. The number of benzene rings is 2. The molecule has 0 bridgehead atoms. The van der Waals surface area contributed by atoms with Crippen LogP contribution >= 0.6 is 0 Å². The average molecular weight is 272 g/mol. The summed E-state index contributed by atoms with van der Waals surface area (Å²) in [7, 11) is 4.02. The molecule has 2 nitrogen and oxygen atoms in total. The van der Waals surface area contributed by atoms with Crippen LogP contribution in [0.25, 0.3) is 0 Å². The second-order valence-corrected chi connectivity index (χ2v) is 5.34. The number of hydrogen-bond acceptors (Lipinski definition) is 2. The lowest BCUT2D eigenvalue weighted by Crippen LogP contribution is -2.10. The number of anilines is 2. The predicted octanol–water partition coefficient (Wildman–Crippen LogP) is 4.37. The lowest BCUT2D eigenvalue weighted by Gasteiger charge is -2.18. The topological polar surface area (TPSA) is 15.3 Å². The van der Waals surface area contributed by atoms with Crippen LogP contribution in [0.3, 0.4) is 0 Å². The fourth-order valence-electron chi connectivity index (χ4n) is 2.11. The van der Waals surface area contributed by atoms with Crippen molar-refractivity contribution in [1.29, 1.82) is 0 Å². The molecule has 1 atom stereocenters. The van der Waals surface area contributed by atoms with Gasteiger partial charge in [-0.1, -0.05) is 18.2 Å². The SMILES string of the molecule is Cc1ccc(NC(C)c2ccc(N(C)C)cc2)c(F)c1. The van der Waals surface area contributed by atoms with E-state index in [0.29, 0.717) is 5.69 Å². The maximum Gasteiger partial charge on any atom is 0.146 e. The lowest BCUT2D eigenvalue weighted by molar-refractivity contribution is 0.626. The molecule has 2 rings (SSSR count). The Kier molecular flexibility index (Phi) is 4.28. The van der Waals surface area contributed by atoms with E-state index in [-0.39, 0.29) is 11.9 Å². The van der Waals surface area contributed by atoms with Gasteiger partial charge in [0.1, 0.15) is 5.82 Å². The molecule has 106 valence electrons. The molecule has 0 aliphatic carbocycles. The summed E-state index contributed by atoms with van der Waals surface area (Å²) in [5, 5.41) is 3.21. The third-order valence-electron chi connectivity index (χ3n) is 3.41. The first-order valence-corrected chi connectivity index (χ1v) is 6.77. The van der Waals surface area contributed by atoms with E-state index in [2.05, 4.69) is 34.5 Å². The molecule has 0 fully saturated rings. The number of nitrogens with one attached hydrogen (secondary N) is 1. The highest BCUT2D eigenvalue weighted by Gasteiger charge is 2.09. The van der Waals surface area contributed by atoms with Crippen LogP contribution in [0.5, 0.6) is 0 Å². The smallest absolute Gasteiger partial charge is 0.146 e. The Morgan fingerprint density at radius 3 is 2.25 bits per heavy atom. The molecule has 0 spiro atoms. The summed E-state index contributed by atoms with van der Waals surface area (Å²) in [5.41, 5.74) is 3.76. The minimum Gasteiger partial charge on any atom is -0.378 e. The van der Waals surface area contributed by atoms with Gasteiger partial charge in [-0.3, -0.25) is 0 Å². The highest BCUT2D eigenvalue weighted by molar-refractivity contribution is 5.50. The van der Waals surface area contributed by atoms with E-state index in [1.807, 2.05) is 34.0 Å². The lowest BCUT2D eigenvalue weighted by atomic mass is 10.1. The molecule has 2 aromatic carbocycles. The van der Waals surface area contributed by atoms with Gasteiger partial charge in [0.25, 0.3) is 0 Å². The zero-order valence-corrected chi connectivity index (χ0v) is 12.4. The number of nitrogens with zero attached hydrogens (tertiary/aromatic N) is 1. The fourth-order valence-corrected chi connectivity index (χ4v) is 2.11. The van der Waals surface area contributed by atoms with Crippen LogP contribution in [0.1, 0.15) is 24.1 Å². The molecule has 20 heavy (non-hydrogen) atoms. The maximum atomic E-state index is 13.8. The normalized spacial score (nSPS) is 12.1. The van der Waals surface area contributed by atoms with E-state index in [1.54, 1.807) is 12.1 Å². The summed E-state index contributed by atoms with van der Waals surface area (Å²) in [4.78, 5) is 2.06. The Morgan fingerprint density at radius 2 is 1.70 bits per heavy atom. The molecular formula is C17H21FN2. The Morgan fingerprint density at radius 1 is 1.05 bits per heavy atom. The van der Waals surface area contributed by atoms with Crippen molar-refractivity contribution in [3.63, 3.8) is 0 Å². The predicted molar refractivity (Wildman–Crippen MR) is 83.9 cm³/mol. The Bertz CT molecular complexity index is 576. The fraction of sp³-hybridized carbons (Fsp3) is 0.294. The van der Waals surface area contributed by atoms with Crippen molar-refractivity contribution in [2.45, 2.75) is 19.9 Å². The largest absolute Gasteiger partial charge is 0.378 e. The van der Waals surface area contributed by atoms with Crippen molar-refractivity contribution in [2.75, 3.05) is 24.3 Å². The van der Waals surface area contributed by atoms with Crippen LogP contribution in [0.15, 0.2) is 42.5 Å². The van der Waals surface area contributed by atoms with Crippen molar-refractivity contribution in [2.24, 2.45) is 0 Å². The van der Waals surface area contributed by atoms with E-state index in [9.17, 15) is 4.39 Å². The Labute approximate surface area is 120 Å². The minimum atomic E-state index is -0.207. The molecule has 2 aromatic rings. The molecule has 0 aromatic heterocycles. The van der Waals surface area contributed by atoms with Gasteiger partial charge in [-0.05, 0) is 49.2 Å². The third kappa shape index (κ3) is 3.29. The van der Waals surface area contributed by atoms with Gasteiger partial charge in [-0.25, -0.2) is 4.39 Å². The molecule has 0 saturated carbocycles. The summed E-state index contributed by atoms with van der Waals surface area (Å²) < 4.78 is 13.8. The van der Waals surface area contributed by atoms with Crippen LogP contribution < -0.4 is 10.2 Å². The van der Waals surface area contributed by atoms with Crippen LogP contribution in [-0.2, 0) is 0 Å². The highest BCUT2D eigenvalue weighted by atomic mass is 19.1. The first kappa shape index (κ1) is 14.4. The quantitative estimate of drug-likeness (QED) is 0.889. The second kappa shape index (κ2) is 5.95. The Hall–Kier alpha value is -2.03. The van der Waals surface area contributed by atoms with Gasteiger partial charge in [0.2, 0.25) is 0 Å². The van der Waals surface area contributed by atoms with Gasteiger partial charge < -0.3 is 10.2 Å². The molecule has 0 radical (unpaired) electrons.